The lowest BCUT2D eigenvalue weighted by molar-refractivity contribution is 0.212. The van der Waals surface area contributed by atoms with Gasteiger partial charge in [0.25, 0.3) is 0 Å². The van der Waals surface area contributed by atoms with Crippen molar-refractivity contribution in [2.45, 2.75) is 45.6 Å². The molecule has 0 radical (unpaired) electrons. The van der Waals surface area contributed by atoms with Gasteiger partial charge in [-0.25, -0.2) is 0 Å². The van der Waals surface area contributed by atoms with E-state index in [4.69, 9.17) is 0 Å². The molecule has 1 aliphatic carbocycles. The Morgan fingerprint density at radius 3 is 2.43 bits per heavy atom. The van der Waals surface area contributed by atoms with Gasteiger partial charge >= 0.3 is 0 Å². The summed E-state index contributed by atoms with van der Waals surface area (Å²) in [6, 6.07) is 0.908. The third-order valence-corrected chi connectivity index (χ3v) is 4.15. The highest BCUT2D eigenvalue weighted by Gasteiger charge is 2.51. The summed E-state index contributed by atoms with van der Waals surface area (Å²) in [6.45, 7) is 9.85. The lowest BCUT2D eigenvalue weighted by Crippen LogP contribution is -2.37. The van der Waals surface area contributed by atoms with Crippen molar-refractivity contribution in [1.82, 2.24) is 10.2 Å². The topological polar surface area (TPSA) is 15.3 Å². The van der Waals surface area contributed by atoms with Crippen LogP contribution in [0.4, 0.5) is 0 Å². The van der Waals surface area contributed by atoms with E-state index in [0.29, 0.717) is 5.41 Å². The Labute approximate surface area is 88.1 Å². The van der Waals surface area contributed by atoms with Crippen LogP contribution in [0.25, 0.3) is 0 Å². The van der Waals surface area contributed by atoms with Crippen molar-refractivity contribution >= 4 is 0 Å². The second-order valence-electron chi connectivity index (χ2n) is 5.22. The Morgan fingerprint density at radius 1 is 1.29 bits per heavy atom. The third kappa shape index (κ3) is 2.12. The van der Waals surface area contributed by atoms with Gasteiger partial charge < -0.3 is 5.32 Å². The van der Waals surface area contributed by atoms with Crippen LogP contribution in [-0.4, -0.2) is 37.1 Å². The van der Waals surface area contributed by atoms with Crippen molar-refractivity contribution in [2.24, 2.45) is 5.41 Å². The molecule has 0 aromatic heterocycles. The van der Waals surface area contributed by atoms with Gasteiger partial charge in [0, 0.05) is 6.04 Å². The normalized spacial score (nSPS) is 40.3. The van der Waals surface area contributed by atoms with E-state index in [2.05, 4.69) is 24.1 Å². The fraction of sp³-hybridized carbons (Fsp3) is 1.00. The summed E-state index contributed by atoms with van der Waals surface area (Å²) in [6.07, 6.45) is 5.45. The van der Waals surface area contributed by atoms with Gasteiger partial charge in [-0.2, -0.15) is 0 Å². The average molecular weight is 196 g/mol. The van der Waals surface area contributed by atoms with Crippen molar-refractivity contribution < 1.29 is 0 Å². The fourth-order valence-electron chi connectivity index (χ4n) is 2.70. The smallest absolute Gasteiger partial charge is 0.0155 e. The second kappa shape index (κ2) is 4.19. The summed E-state index contributed by atoms with van der Waals surface area (Å²) >= 11 is 0. The van der Waals surface area contributed by atoms with Gasteiger partial charge in [-0.05, 0) is 57.3 Å². The first-order valence-electron chi connectivity index (χ1n) is 6.21. The molecule has 14 heavy (non-hydrogen) atoms. The number of hydrogen-bond donors (Lipinski definition) is 1. The van der Waals surface area contributed by atoms with Crippen LogP contribution in [0.2, 0.25) is 0 Å². The molecule has 1 heterocycles. The average Bonchev–Trinajstić information content (AvgIpc) is 2.79. The molecule has 1 saturated heterocycles. The molecule has 2 atom stereocenters. The van der Waals surface area contributed by atoms with E-state index < -0.39 is 0 Å². The summed E-state index contributed by atoms with van der Waals surface area (Å²) in [5.41, 5.74) is 0.659. The molecule has 2 heteroatoms. The van der Waals surface area contributed by atoms with Gasteiger partial charge in [0.15, 0.2) is 0 Å². The van der Waals surface area contributed by atoms with E-state index in [1.165, 1.54) is 51.9 Å². The van der Waals surface area contributed by atoms with Crippen LogP contribution in [-0.2, 0) is 0 Å². The highest BCUT2D eigenvalue weighted by molar-refractivity contribution is 5.05. The molecule has 2 aliphatic rings. The molecule has 82 valence electrons. The molecular weight excluding hydrogens is 172 g/mol. The molecule has 2 nitrogen and oxygen atoms in total. The van der Waals surface area contributed by atoms with E-state index in [1.807, 2.05) is 0 Å². The van der Waals surface area contributed by atoms with E-state index >= 15 is 0 Å². The van der Waals surface area contributed by atoms with Crippen molar-refractivity contribution in [2.75, 3.05) is 26.2 Å². The van der Waals surface area contributed by atoms with Gasteiger partial charge in [-0.3, -0.25) is 4.90 Å². The third-order valence-electron chi connectivity index (χ3n) is 4.15. The Kier molecular flexibility index (Phi) is 3.13. The minimum atomic E-state index is 0.659. The van der Waals surface area contributed by atoms with Gasteiger partial charge in [0.1, 0.15) is 0 Å². The molecule has 1 aliphatic heterocycles. The summed E-state index contributed by atoms with van der Waals surface area (Å²) in [7, 11) is 0. The molecule has 1 saturated carbocycles. The molecule has 0 amide bonds. The van der Waals surface area contributed by atoms with Crippen LogP contribution in [0.1, 0.15) is 39.5 Å². The van der Waals surface area contributed by atoms with Crippen LogP contribution >= 0.6 is 0 Å². The van der Waals surface area contributed by atoms with E-state index in [0.717, 1.165) is 6.04 Å². The lowest BCUT2D eigenvalue weighted by Gasteiger charge is -2.27. The van der Waals surface area contributed by atoms with E-state index in [-0.39, 0.29) is 0 Å². The lowest BCUT2D eigenvalue weighted by atomic mass is 10.1. The maximum absolute atomic E-state index is 3.48. The predicted molar refractivity (Wildman–Crippen MR) is 60.5 cm³/mol. The molecule has 2 rings (SSSR count). The van der Waals surface area contributed by atoms with Gasteiger partial charge in [-0.1, -0.05) is 13.8 Å². The number of hydrogen-bond acceptors (Lipinski definition) is 2. The standard InChI is InChI=1S/C12H24N2/c1-3-12(2)10-11(12)14-8-4-6-13-7-5-9-14/h11,13H,3-10H2,1-2H3. The van der Waals surface area contributed by atoms with Crippen LogP contribution in [0, 0.1) is 5.41 Å². The second-order valence-corrected chi connectivity index (χ2v) is 5.22. The van der Waals surface area contributed by atoms with E-state index in [9.17, 15) is 0 Å². The first kappa shape index (κ1) is 10.4. The molecule has 2 fully saturated rings. The summed E-state index contributed by atoms with van der Waals surface area (Å²) in [5.74, 6) is 0. The molecular formula is C12H24N2. The highest BCUT2D eigenvalue weighted by Crippen LogP contribution is 2.51. The zero-order valence-corrected chi connectivity index (χ0v) is 9.68. The summed E-state index contributed by atoms with van der Waals surface area (Å²) in [4.78, 5) is 2.74. The zero-order valence-electron chi connectivity index (χ0n) is 9.68. The van der Waals surface area contributed by atoms with Crippen LogP contribution in [0.15, 0.2) is 0 Å². The van der Waals surface area contributed by atoms with Crippen molar-refractivity contribution in [3.8, 4) is 0 Å². The van der Waals surface area contributed by atoms with Crippen molar-refractivity contribution in [3.63, 3.8) is 0 Å². The fourth-order valence-corrected chi connectivity index (χ4v) is 2.70. The minimum absolute atomic E-state index is 0.659. The SMILES string of the molecule is CCC1(C)CC1N1CCCNCCC1. The minimum Gasteiger partial charge on any atom is -0.317 e. The number of nitrogens with zero attached hydrogens (tertiary/aromatic N) is 1. The number of rotatable bonds is 2. The molecule has 2 unspecified atom stereocenters. The zero-order chi connectivity index (χ0) is 10.0. The van der Waals surface area contributed by atoms with Crippen LogP contribution in [0.3, 0.4) is 0 Å². The largest absolute Gasteiger partial charge is 0.317 e. The summed E-state index contributed by atoms with van der Waals surface area (Å²) < 4.78 is 0. The van der Waals surface area contributed by atoms with Crippen molar-refractivity contribution in [3.05, 3.63) is 0 Å². The molecule has 0 bridgehead atoms. The van der Waals surface area contributed by atoms with E-state index in [1.54, 1.807) is 0 Å². The highest BCUT2D eigenvalue weighted by atomic mass is 15.2. The molecule has 0 aromatic carbocycles. The maximum atomic E-state index is 3.48. The van der Waals surface area contributed by atoms with Crippen molar-refractivity contribution in [1.29, 1.82) is 0 Å². The van der Waals surface area contributed by atoms with Gasteiger partial charge in [-0.15, -0.1) is 0 Å². The molecule has 0 aromatic rings. The Balaban J connectivity index is 1.84. The first-order chi connectivity index (χ1) is 6.76. The van der Waals surface area contributed by atoms with Crippen LogP contribution < -0.4 is 5.32 Å². The molecule has 0 spiro atoms. The summed E-state index contributed by atoms with van der Waals surface area (Å²) in [5, 5.41) is 3.48. The predicted octanol–water partition coefficient (Wildman–Crippen LogP) is 1.86. The maximum Gasteiger partial charge on any atom is 0.0155 e. The quantitative estimate of drug-likeness (QED) is 0.725. The Hall–Kier alpha value is -0.0800. The number of nitrogens with one attached hydrogen (secondary N) is 1. The Bertz CT molecular complexity index is 185. The first-order valence-corrected chi connectivity index (χ1v) is 6.21. The Morgan fingerprint density at radius 2 is 1.93 bits per heavy atom. The molecule has 1 N–H and O–H groups in total. The monoisotopic (exact) mass is 196 g/mol. The van der Waals surface area contributed by atoms with Crippen LogP contribution in [0.5, 0.6) is 0 Å². The van der Waals surface area contributed by atoms with Gasteiger partial charge in [0.2, 0.25) is 0 Å². The van der Waals surface area contributed by atoms with Gasteiger partial charge in [0.05, 0.1) is 0 Å².